The highest BCUT2D eigenvalue weighted by Crippen LogP contribution is 2.42. The minimum absolute atomic E-state index is 0.261. The number of piperidine rings is 3. The van der Waals surface area contributed by atoms with Crippen LogP contribution in [0.25, 0.3) is 11.3 Å². The van der Waals surface area contributed by atoms with Gasteiger partial charge in [0.15, 0.2) is 0 Å². The lowest BCUT2D eigenvalue weighted by atomic mass is 9.74. The molecule has 0 radical (unpaired) electrons. The molecule has 6 rings (SSSR count). The van der Waals surface area contributed by atoms with Crippen LogP contribution in [0.2, 0.25) is 0 Å². The summed E-state index contributed by atoms with van der Waals surface area (Å²) in [4.78, 5) is 2.46. The van der Waals surface area contributed by atoms with Crippen molar-refractivity contribution < 1.29 is 8.42 Å². The van der Waals surface area contributed by atoms with E-state index in [-0.39, 0.29) is 6.04 Å². The van der Waals surface area contributed by atoms with Crippen molar-refractivity contribution in [1.29, 1.82) is 0 Å². The van der Waals surface area contributed by atoms with E-state index in [1.54, 1.807) is 17.5 Å². The molecule has 158 valence electrons. The maximum absolute atomic E-state index is 12.5. The Morgan fingerprint density at radius 1 is 1.20 bits per heavy atom. The SMILES string of the molecule is Cn1nc(-c2ccccc2)cc1[C@@H]1CN2CC[C@H]1C[C@@H]2CNS(=O)(=O)c1cccs1. The number of rotatable bonds is 6. The molecule has 0 amide bonds. The van der Waals surface area contributed by atoms with Crippen molar-refractivity contribution in [3.63, 3.8) is 0 Å². The van der Waals surface area contributed by atoms with Gasteiger partial charge in [0, 0.05) is 43.4 Å². The minimum atomic E-state index is -3.41. The molecule has 3 saturated heterocycles. The summed E-state index contributed by atoms with van der Waals surface area (Å²) in [5.41, 5.74) is 3.44. The second-order valence-corrected chi connectivity index (χ2v) is 11.2. The van der Waals surface area contributed by atoms with Gasteiger partial charge in [0.2, 0.25) is 10.0 Å². The molecule has 2 aromatic heterocycles. The number of aryl methyl sites for hydroxylation is 1. The molecule has 3 aliphatic rings. The van der Waals surface area contributed by atoms with Gasteiger partial charge in [-0.2, -0.15) is 5.10 Å². The van der Waals surface area contributed by atoms with Crippen LogP contribution in [-0.2, 0) is 17.1 Å². The molecule has 30 heavy (non-hydrogen) atoms. The maximum atomic E-state index is 12.5. The number of nitrogens with zero attached hydrogens (tertiary/aromatic N) is 3. The van der Waals surface area contributed by atoms with E-state index in [2.05, 4.69) is 27.8 Å². The smallest absolute Gasteiger partial charge is 0.250 e. The van der Waals surface area contributed by atoms with E-state index in [4.69, 9.17) is 5.10 Å². The van der Waals surface area contributed by atoms with Gasteiger partial charge in [-0.15, -0.1) is 11.3 Å². The van der Waals surface area contributed by atoms with E-state index < -0.39 is 10.0 Å². The van der Waals surface area contributed by atoms with Crippen LogP contribution in [0.5, 0.6) is 0 Å². The summed E-state index contributed by atoms with van der Waals surface area (Å²) in [7, 11) is -1.37. The largest absolute Gasteiger partial charge is 0.298 e. The number of fused-ring (bicyclic) bond motifs is 3. The summed E-state index contributed by atoms with van der Waals surface area (Å²) >= 11 is 1.26. The molecule has 3 aliphatic heterocycles. The van der Waals surface area contributed by atoms with Crippen LogP contribution < -0.4 is 4.72 Å². The van der Waals surface area contributed by atoms with Crippen molar-refractivity contribution in [2.24, 2.45) is 13.0 Å². The molecule has 8 heteroatoms. The monoisotopic (exact) mass is 442 g/mol. The second-order valence-electron chi connectivity index (χ2n) is 8.27. The number of hydrogen-bond acceptors (Lipinski definition) is 5. The molecule has 5 heterocycles. The molecule has 6 nitrogen and oxygen atoms in total. The summed E-state index contributed by atoms with van der Waals surface area (Å²) in [5.74, 6) is 1.00. The molecule has 3 fully saturated rings. The summed E-state index contributed by atoms with van der Waals surface area (Å²) in [6, 6.07) is 16.2. The summed E-state index contributed by atoms with van der Waals surface area (Å²) in [6.45, 7) is 2.48. The number of aromatic nitrogens is 2. The Kier molecular flexibility index (Phi) is 5.26. The van der Waals surface area contributed by atoms with Crippen LogP contribution in [0.3, 0.4) is 0 Å². The fourth-order valence-electron chi connectivity index (χ4n) is 4.96. The average molecular weight is 443 g/mol. The van der Waals surface area contributed by atoms with Crippen LogP contribution in [0, 0.1) is 5.92 Å². The lowest BCUT2D eigenvalue weighted by Gasteiger charge is -2.49. The van der Waals surface area contributed by atoms with Gasteiger partial charge in [-0.1, -0.05) is 36.4 Å². The first kappa shape index (κ1) is 19.9. The molecule has 4 atom stereocenters. The van der Waals surface area contributed by atoms with Crippen molar-refractivity contribution in [2.45, 2.75) is 29.0 Å². The number of benzene rings is 1. The van der Waals surface area contributed by atoms with E-state index in [0.29, 0.717) is 22.6 Å². The molecule has 1 unspecified atom stereocenters. The first-order valence-corrected chi connectivity index (χ1v) is 12.7. The maximum Gasteiger partial charge on any atom is 0.250 e. The predicted octanol–water partition coefficient (Wildman–Crippen LogP) is 3.30. The van der Waals surface area contributed by atoms with Crippen molar-refractivity contribution in [3.8, 4) is 11.3 Å². The number of hydrogen-bond donors (Lipinski definition) is 1. The fourth-order valence-corrected chi connectivity index (χ4v) is 7.07. The summed E-state index contributed by atoms with van der Waals surface area (Å²) in [5, 5.41) is 6.56. The quantitative estimate of drug-likeness (QED) is 0.636. The van der Waals surface area contributed by atoms with E-state index in [9.17, 15) is 8.42 Å². The van der Waals surface area contributed by atoms with Crippen molar-refractivity contribution in [2.75, 3.05) is 19.6 Å². The van der Waals surface area contributed by atoms with Crippen molar-refractivity contribution >= 4 is 21.4 Å². The number of thiophene rings is 1. The molecular weight excluding hydrogens is 416 g/mol. The molecule has 1 aromatic carbocycles. The molecule has 0 aliphatic carbocycles. The van der Waals surface area contributed by atoms with Gasteiger partial charge < -0.3 is 0 Å². The lowest BCUT2D eigenvalue weighted by molar-refractivity contribution is 0.0306. The van der Waals surface area contributed by atoms with Gasteiger partial charge in [-0.05, 0) is 42.8 Å². The Hall–Kier alpha value is -2.00. The van der Waals surface area contributed by atoms with Crippen LogP contribution in [0.4, 0.5) is 0 Å². The Labute approximate surface area is 181 Å². The first-order valence-electron chi connectivity index (χ1n) is 10.4. The van der Waals surface area contributed by atoms with Gasteiger partial charge in [-0.25, -0.2) is 13.1 Å². The van der Waals surface area contributed by atoms with Crippen LogP contribution in [0.1, 0.15) is 24.5 Å². The average Bonchev–Trinajstić information content (AvgIpc) is 3.44. The van der Waals surface area contributed by atoms with Gasteiger partial charge >= 0.3 is 0 Å². The van der Waals surface area contributed by atoms with Crippen molar-refractivity contribution in [1.82, 2.24) is 19.4 Å². The zero-order valence-electron chi connectivity index (χ0n) is 16.9. The van der Waals surface area contributed by atoms with E-state index in [0.717, 1.165) is 37.2 Å². The zero-order valence-corrected chi connectivity index (χ0v) is 18.6. The Balaban J connectivity index is 1.29. The molecule has 1 N–H and O–H groups in total. The van der Waals surface area contributed by atoms with Gasteiger partial charge in [0.05, 0.1) is 5.69 Å². The predicted molar refractivity (Wildman–Crippen MR) is 119 cm³/mol. The minimum Gasteiger partial charge on any atom is -0.298 e. The number of nitrogens with one attached hydrogen (secondary N) is 1. The number of sulfonamides is 1. The Morgan fingerprint density at radius 2 is 2.03 bits per heavy atom. The first-order chi connectivity index (χ1) is 14.5. The lowest BCUT2D eigenvalue weighted by Crippen LogP contribution is -2.56. The normalized spacial score (nSPS) is 26.2. The molecule has 0 spiro atoms. The van der Waals surface area contributed by atoms with Crippen molar-refractivity contribution in [3.05, 3.63) is 59.6 Å². The van der Waals surface area contributed by atoms with Crippen LogP contribution in [-0.4, -0.2) is 48.8 Å². The topological polar surface area (TPSA) is 67.2 Å². The van der Waals surface area contributed by atoms with Gasteiger partial charge in [-0.3, -0.25) is 9.58 Å². The summed E-state index contributed by atoms with van der Waals surface area (Å²) in [6.07, 6.45) is 2.17. The third-order valence-electron chi connectivity index (χ3n) is 6.51. The molecular formula is C22H26N4O2S2. The Morgan fingerprint density at radius 3 is 2.73 bits per heavy atom. The fraction of sp³-hybridized carbons (Fsp3) is 0.409. The highest BCUT2D eigenvalue weighted by molar-refractivity contribution is 7.91. The third kappa shape index (κ3) is 3.73. The zero-order chi connectivity index (χ0) is 20.7. The second kappa shape index (κ2) is 7.92. The van der Waals surface area contributed by atoms with E-state index >= 15 is 0 Å². The molecule has 0 saturated carbocycles. The third-order valence-corrected chi connectivity index (χ3v) is 9.33. The van der Waals surface area contributed by atoms with Crippen LogP contribution >= 0.6 is 11.3 Å². The molecule has 2 bridgehead atoms. The summed E-state index contributed by atoms with van der Waals surface area (Å²) < 4.78 is 30.2. The highest BCUT2D eigenvalue weighted by Gasteiger charge is 2.42. The Bertz CT molecular complexity index is 1110. The van der Waals surface area contributed by atoms with Crippen LogP contribution in [0.15, 0.2) is 58.1 Å². The van der Waals surface area contributed by atoms with E-state index in [1.165, 1.54) is 17.0 Å². The van der Waals surface area contributed by atoms with E-state index in [1.807, 2.05) is 29.9 Å². The molecule has 3 aromatic rings. The standard InChI is InChI=1S/C22H26N4O2S2/c1-25-21(13-20(24-25)16-6-3-2-4-7-16)19-15-26-10-9-17(19)12-18(26)14-23-30(27,28)22-8-5-11-29-22/h2-8,11,13,17-19,23H,9-10,12,14-15H2,1H3/t17-,18+,19+/m0/s1. The van der Waals surface area contributed by atoms with Gasteiger partial charge in [0.25, 0.3) is 0 Å². The highest BCUT2D eigenvalue weighted by atomic mass is 32.2. The van der Waals surface area contributed by atoms with Gasteiger partial charge in [0.1, 0.15) is 4.21 Å².